The third-order valence-electron chi connectivity index (χ3n) is 2.19. The molecule has 1 unspecified atom stereocenters. The van der Waals surface area contributed by atoms with Crippen molar-refractivity contribution in [2.45, 2.75) is 31.9 Å². The first-order valence-electron chi connectivity index (χ1n) is 6.62. The molecule has 10 heteroatoms. The molecule has 4 N–H and O–H groups in total. The van der Waals surface area contributed by atoms with E-state index >= 15 is 0 Å². The van der Waals surface area contributed by atoms with E-state index in [4.69, 9.17) is 20.7 Å². The normalized spacial score (nSPS) is 13.1. The zero-order chi connectivity index (χ0) is 18.8. The maximum Gasteiger partial charge on any atom is 0.321 e. The number of carboxylic acid groups (broad SMARTS) is 3. The fourth-order valence-electron chi connectivity index (χ4n) is 1.45. The smallest absolute Gasteiger partial charge is 0.321 e. The summed E-state index contributed by atoms with van der Waals surface area (Å²) < 4.78 is 5.39. The molecule has 134 valence electrons. The zero-order valence-electron chi connectivity index (χ0n) is 13.6. The Hall–Kier alpha value is -2.20. The number of carboxylic acids is 3. The molecule has 0 aliphatic heterocycles. The van der Waals surface area contributed by atoms with Gasteiger partial charge in [0.05, 0.1) is 27.6 Å². The second kappa shape index (κ2) is 10.5. The number of esters is 1. The summed E-state index contributed by atoms with van der Waals surface area (Å²) in [6.45, 7) is 1.71. The first-order valence-corrected chi connectivity index (χ1v) is 6.62. The lowest BCUT2D eigenvalue weighted by molar-refractivity contribution is -0.873. The van der Waals surface area contributed by atoms with Crippen molar-refractivity contribution >= 4 is 23.9 Å². The predicted octanol–water partition coefficient (Wildman–Crippen LogP) is -2.36. The van der Waals surface area contributed by atoms with Crippen LogP contribution in [0.1, 0.15) is 19.8 Å². The van der Waals surface area contributed by atoms with Gasteiger partial charge in [-0.15, -0.1) is 0 Å². The van der Waals surface area contributed by atoms with Crippen molar-refractivity contribution in [3.8, 4) is 0 Å². The lowest BCUT2D eigenvalue weighted by Gasteiger charge is -2.28. The molecule has 23 heavy (non-hydrogen) atoms. The number of aliphatic carboxylic acids is 3. The number of likely N-dealkylation sites (N-methyl/N-ethyl adjacent to an activating group) is 1. The molecule has 0 saturated heterocycles. The highest BCUT2D eigenvalue weighted by Gasteiger charge is 2.20. The Morgan fingerprint density at radius 1 is 1.13 bits per heavy atom. The molecule has 0 spiro atoms. The number of ether oxygens (including phenoxy) is 1. The number of nitrogens with two attached hydrogens (primary N) is 1. The van der Waals surface area contributed by atoms with Gasteiger partial charge in [0.25, 0.3) is 0 Å². The molecule has 0 aliphatic carbocycles. The fourth-order valence-corrected chi connectivity index (χ4v) is 1.45. The van der Waals surface area contributed by atoms with E-state index in [0.29, 0.717) is 11.0 Å². The standard InChI is InChI=1S/C9H17NO4.C4H7NO4/c1-7(11)14-8(5-9(12)13)6-10(2,3)4;5-2(4(8)9)1-3(6)7/h8H,5-6H2,1-4H3;2H,1,5H2,(H,6,7)(H,8,9)/t8-;/m1./s1. The second-order valence-electron chi connectivity index (χ2n) is 5.82. The Bertz CT molecular complexity index is 414. The van der Waals surface area contributed by atoms with Crippen LogP contribution < -0.4 is 10.8 Å². The van der Waals surface area contributed by atoms with Crippen LogP contribution in [0, 0.1) is 0 Å². The first kappa shape index (κ1) is 23.1. The Kier molecular flexibility index (Phi) is 10.5. The number of hydrogen-bond acceptors (Lipinski definition) is 7. The van der Waals surface area contributed by atoms with Crippen LogP contribution in [0.3, 0.4) is 0 Å². The molecule has 0 amide bonds. The van der Waals surface area contributed by atoms with Crippen LogP contribution in [0.25, 0.3) is 0 Å². The Morgan fingerprint density at radius 2 is 1.61 bits per heavy atom. The van der Waals surface area contributed by atoms with Gasteiger partial charge in [0, 0.05) is 19.3 Å². The van der Waals surface area contributed by atoms with Crippen molar-refractivity contribution in [1.29, 1.82) is 0 Å². The number of nitrogens with zero attached hydrogens (tertiary/aromatic N) is 1. The van der Waals surface area contributed by atoms with Gasteiger partial charge in [0.15, 0.2) is 6.10 Å². The molecule has 0 aromatic rings. The summed E-state index contributed by atoms with van der Waals surface area (Å²) in [6.07, 6.45) is -1.40. The van der Waals surface area contributed by atoms with Gasteiger partial charge >= 0.3 is 17.9 Å². The second-order valence-corrected chi connectivity index (χ2v) is 5.82. The minimum atomic E-state index is -1.29. The third kappa shape index (κ3) is 17.7. The lowest BCUT2D eigenvalue weighted by Crippen LogP contribution is -2.45. The van der Waals surface area contributed by atoms with E-state index in [1.807, 2.05) is 21.1 Å². The van der Waals surface area contributed by atoms with E-state index in [1.54, 1.807) is 0 Å². The third-order valence-corrected chi connectivity index (χ3v) is 2.19. The number of hydrogen-bond donors (Lipinski definition) is 3. The van der Waals surface area contributed by atoms with Gasteiger partial charge in [0.2, 0.25) is 0 Å². The number of rotatable bonds is 8. The molecule has 0 aromatic heterocycles. The molecule has 0 heterocycles. The minimum Gasteiger partial charge on any atom is -0.550 e. The average molecular weight is 336 g/mol. The Labute approximate surface area is 134 Å². The minimum absolute atomic E-state index is 0.255. The molecule has 0 fully saturated rings. The quantitative estimate of drug-likeness (QED) is 0.324. The van der Waals surface area contributed by atoms with Crippen molar-refractivity contribution in [1.82, 2.24) is 0 Å². The maximum atomic E-state index is 10.7. The van der Waals surface area contributed by atoms with Gasteiger partial charge in [-0.25, -0.2) is 0 Å². The van der Waals surface area contributed by atoms with Crippen molar-refractivity contribution in [2.75, 3.05) is 27.7 Å². The van der Waals surface area contributed by atoms with Crippen molar-refractivity contribution in [3.63, 3.8) is 0 Å². The van der Waals surface area contributed by atoms with E-state index in [0.717, 1.165) is 0 Å². The first-order chi connectivity index (χ1) is 10.2. The van der Waals surface area contributed by atoms with Crippen LogP contribution in [-0.2, 0) is 23.9 Å². The maximum absolute atomic E-state index is 10.7. The SMILES string of the molecule is CC(=O)O[C@H](CC(=O)[O-])C[N+](C)(C)C.NC(CC(=O)O)C(=O)O. The Balaban J connectivity index is 0. The molecule has 0 aliphatic rings. The summed E-state index contributed by atoms with van der Waals surface area (Å²) in [7, 11) is 5.68. The summed E-state index contributed by atoms with van der Waals surface area (Å²) in [5, 5.41) is 26.4. The monoisotopic (exact) mass is 336 g/mol. The van der Waals surface area contributed by atoms with Crippen molar-refractivity contribution in [3.05, 3.63) is 0 Å². The molecule has 0 rings (SSSR count). The highest BCUT2D eigenvalue weighted by Crippen LogP contribution is 2.04. The van der Waals surface area contributed by atoms with E-state index in [-0.39, 0.29) is 6.42 Å². The zero-order valence-corrected chi connectivity index (χ0v) is 13.6. The van der Waals surface area contributed by atoms with Crippen LogP contribution in [-0.4, -0.2) is 78.4 Å². The largest absolute Gasteiger partial charge is 0.550 e. The van der Waals surface area contributed by atoms with Gasteiger partial charge in [-0.3, -0.25) is 14.4 Å². The molecule has 0 saturated carbocycles. The summed E-state index contributed by atoms with van der Waals surface area (Å²) in [4.78, 5) is 40.7. The summed E-state index contributed by atoms with van der Waals surface area (Å²) >= 11 is 0. The highest BCUT2D eigenvalue weighted by molar-refractivity contribution is 5.80. The number of carbonyl (C=O) groups excluding carboxylic acids is 2. The van der Waals surface area contributed by atoms with Gasteiger partial charge in [-0.2, -0.15) is 0 Å². The molecular formula is C13H24N2O8. The summed E-state index contributed by atoms with van der Waals surface area (Å²) in [5.41, 5.74) is 4.84. The molecule has 10 nitrogen and oxygen atoms in total. The molecular weight excluding hydrogens is 312 g/mol. The Morgan fingerprint density at radius 3 is 1.83 bits per heavy atom. The molecule has 0 aromatic carbocycles. The average Bonchev–Trinajstić information content (AvgIpc) is 2.23. The fraction of sp³-hybridized carbons (Fsp3) is 0.692. The highest BCUT2D eigenvalue weighted by atomic mass is 16.5. The predicted molar refractivity (Wildman–Crippen MR) is 75.9 cm³/mol. The van der Waals surface area contributed by atoms with Gasteiger partial charge in [-0.05, 0) is 0 Å². The van der Waals surface area contributed by atoms with Crippen LogP contribution in [0.2, 0.25) is 0 Å². The van der Waals surface area contributed by atoms with Crippen LogP contribution in [0.5, 0.6) is 0 Å². The van der Waals surface area contributed by atoms with Crippen LogP contribution in [0.15, 0.2) is 0 Å². The van der Waals surface area contributed by atoms with Gasteiger partial charge in [-0.1, -0.05) is 0 Å². The van der Waals surface area contributed by atoms with Gasteiger partial charge in [0.1, 0.15) is 12.6 Å². The number of carbonyl (C=O) groups is 4. The van der Waals surface area contributed by atoms with E-state index < -0.39 is 42.4 Å². The van der Waals surface area contributed by atoms with E-state index in [1.165, 1.54) is 6.92 Å². The lowest BCUT2D eigenvalue weighted by atomic mass is 10.2. The molecule has 2 atom stereocenters. The molecule has 0 radical (unpaired) electrons. The van der Waals surface area contributed by atoms with E-state index in [9.17, 15) is 24.3 Å². The topological polar surface area (TPSA) is 167 Å². The van der Waals surface area contributed by atoms with Crippen LogP contribution >= 0.6 is 0 Å². The summed E-state index contributed by atoms with van der Waals surface area (Å²) in [6, 6.07) is -1.29. The van der Waals surface area contributed by atoms with Gasteiger partial charge < -0.3 is 35.1 Å². The number of quaternary nitrogens is 1. The van der Waals surface area contributed by atoms with E-state index in [2.05, 4.69) is 0 Å². The summed E-state index contributed by atoms with van der Waals surface area (Å²) in [5.74, 6) is -4.17. The molecule has 0 bridgehead atoms. The van der Waals surface area contributed by atoms with Crippen LogP contribution in [0.4, 0.5) is 0 Å². The van der Waals surface area contributed by atoms with Crippen molar-refractivity contribution in [2.24, 2.45) is 5.73 Å². The van der Waals surface area contributed by atoms with Crippen molar-refractivity contribution < 1.29 is 43.7 Å².